The second-order valence-corrected chi connectivity index (χ2v) is 7.14. The Morgan fingerprint density at radius 3 is 3.10 bits per heavy atom. The van der Waals surface area contributed by atoms with Crippen molar-refractivity contribution in [2.24, 2.45) is 0 Å². The summed E-state index contributed by atoms with van der Waals surface area (Å²) in [5, 5.41) is 11.2. The van der Waals surface area contributed by atoms with Gasteiger partial charge in [-0.1, -0.05) is 47.4 Å². The maximum atomic E-state index is 12.1. The van der Waals surface area contributed by atoms with E-state index in [2.05, 4.69) is 33.7 Å². The third-order valence-electron chi connectivity index (χ3n) is 3.45. The smallest absolute Gasteiger partial charge is 0.230 e. The number of nitrogens with two attached hydrogens (primary N) is 1. The van der Waals surface area contributed by atoms with Gasteiger partial charge in [0, 0.05) is 0 Å². The molecule has 0 radical (unpaired) electrons. The van der Waals surface area contributed by atoms with Gasteiger partial charge in [-0.2, -0.15) is 0 Å². The molecular formula is C14H16N4OS2. The zero-order chi connectivity index (χ0) is 14.7. The number of thioether (sulfide) groups is 1. The highest BCUT2D eigenvalue weighted by molar-refractivity contribution is 8.01. The van der Waals surface area contributed by atoms with Gasteiger partial charge >= 0.3 is 0 Å². The number of nitrogens with one attached hydrogen (secondary N) is 1. The molecule has 0 aliphatic heterocycles. The van der Waals surface area contributed by atoms with E-state index in [0.717, 1.165) is 23.6 Å². The number of nitrogen functional groups attached to an aromatic ring is 1. The Morgan fingerprint density at radius 2 is 2.29 bits per heavy atom. The van der Waals surface area contributed by atoms with Crippen LogP contribution in [0.5, 0.6) is 0 Å². The summed E-state index contributed by atoms with van der Waals surface area (Å²) in [6, 6.07) is 8.47. The molecule has 1 aliphatic carbocycles. The molecule has 110 valence electrons. The van der Waals surface area contributed by atoms with E-state index in [0.29, 0.717) is 10.9 Å². The fourth-order valence-electron chi connectivity index (χ4n) is 2.55. The van der Waals surface area contributed by atoms with Crippen LogP contribution < -0.4 is 11.1 Å². The van der Waals surface area contributed by atoms with Crippen LogP contribution in [0, 0.1) is 0 Å². The topological polar surface area (TPSA) is 80.9 Å². The lowest BCUT2D eigenvalue weighted by Crippen LogP contribution is -2.32. The van der Waals surface area contributed by atoms with E-state index in [1.165, 1.54) is 34.2 Å². The monoisotopic (exact) mass is 320 g/mol. The number of carbonyl (C=O) groups excluding carboxylic acids is 1. The molecule has 2 aromatic rings. The van der Waals surface area contributed by atoms with Gasteiger partial charge in [-0.3, -0.25) is 4.79 Å². The molecule has 0 bridgehead atoms. The molecule has 1 heterocycles. The molecule has 7 heteroatoms. The first-order valence-electron chi connectivity index (χ1n) is 6.81. The van der Waals surface area contributed by atoms with Crippen LogP contribution >= 0.6 is 23.1 Å². The lowest BCUT2D eigenvalue weighted by atomic mass is 9.88. The predicted molar refractivity (Wildman–Crippen MR) is 85.3 cm³/mol. The number of benzene rings is 1. The molecular weight excluding hydrogens is 304 g/mol. The molecule has 21 heavy (non-hydrogen) atoms. The van der Waals surface area contributed by atoms with Crippen molar-refractivity contribution < 1.29 is 4.79 Å². The summed E-state index contributed by atoms with van der Waals surface area (Å²) in [6.07, 6.45) is 3.21. The van der Waals surface area contributed by atoms with Crippen LogP contribution in [0.25, 0.3) is 0 Å². The number of hydrogen-bond acceptors (Lipinski definition) is 6. The highest BCUT2D eigenvalue weighted by atomic mass is 32.2. The quantitative estimate of drug-likeness (QED) is 0.846. The first kappa shape index (κ1) is 14.3. The van der Waals surface area contributed by atoms with E-state index in [4.69, 9.17) is 5.73 Å². The summed E-state index contributed by atoms with van der Waals surface area (Å²) in [4.78, 5) is 12.1. The fraction of sp³-hybridized carbons (Fsp3) is 0.357. The van der Waals surface area contributed by atoms with Crippen LogP contribution in [-0.2, 0) is 11.2 Å². The van der Waals surface area contributed by atoms with Gasteiger partial charge in [-0.05, 0) is 30.4 Å². The van der Waals surface area contributed by atoms with Crippen molar-refractivity contribution in [3.63, 3.8) is 0 Å². The van der Waals surface area contributed by atoms with Crippen LogP contribution in [0.15, 0.2) is 28.6 Å². The average Bonchev–Trinajstić information content (AvgIpc) is 2.91. The highest BCUT2D eigenvalue weighted by Crippen LogP contribution is 2.30. The molecule has 1 atom stereocenters. The molecule has 3 rings (SSSR count). The van der Waals surface area contributed by atoms with E-state index >= 15 is 0 Å². The van der Waals surface area contributed by atoms with Crippen molar-refractivity contribution in [2.75, 3.05) is 11.5 Å². The first-order valence-corrected chi connectivity index (χ1v) is 8.61. The number of nitrogens with zero attached hydrogens (tertiary/aromatic N) is 2. The van der Waals surface area contributed by atoms with Gasteiger partial charge in [-0.15, -0.1) is 10.2 Å². The normalized spacial score (nSPS) is 17.2. The Morgan fingerprint density at radius 1 is 1.43 bits per heavy atom. The van der Waals surface area contributed by atoms with Gasteiger partial charge in [-0.25, -0.2) is 0 Å². The van der Waals surface area contributed by atoms with E-state index in [-0.39, 0.29) is 11.9 Å². The van der Waals surface area contributed by atoms with Gasteiger partial charge in [0.2, 0.25) is 11.0 Å². The number of aryl methyl sites for hydroxylation is 1. The summed E-state index contributed by atoms with van der Waals surface area (Å²) < 4.78 is 0.728. The summed E-state index contributed by atoms with van der Waals surface area (Å²) in [7, 11) is 0. The van der Waals surface area contributed by atoms with E-state index in [1.54, 1.807) is 0 Å². The average molecular weight is 320 g/mol. The second-order valence-electron chi connectivity index (χ2n) is 4.91. The van der Waals surface area contributed by atoms with Crippen molar-refractivity contribution in [2.45, 2.75) is 29.6 Å². The van der Waals surface area contributed by atoms with Gasteiger partial charge in [0.1, 0.15) is 0 Å². The summed E-state index contributed by atoms with van der Waals surface area (Å²) in [5.41, 5.74) is 8.12. The van der Waals surface area contributed by atoms with Crippen molar-refractivity contribution >= 4 is 34.1 Å². The van der Waals surface area contributed by atoms with E-state index < -0.39 is 0 Å². The van der Waals surface area contributed by atoms with Crippen LogP contribution in [-0.4, -0.2) is 21.9 Å². The molecule has 5 nitrogen and oxygen atoms in total. The van der Waals surface area contributed by atoms with Gasteiger partial charge in [0.25, 0.3) is 0 Å². The van der Waals surface area contributed by atoms with Crippen LogP contribution in [0.1, 0.15) is 30.0 Å². The van der Waals surface area contributed by atoms with Gasteiger partial charge < -0.3 is 11.1 Å². The molecule has 0 saturated carbocycles. The molecule has 1 aromatic heterocycles. The lowest BCUT2D eigenvalue weighted by Gasteiger charge is -2.26. The van der Waals surface area contributed by atoms with Crippen molar-refractivity contribution in [3.05, 3.63) is 35.4 Å². The van der Waals surface area contributed by atoms with Crippen molar-refractivity contribution in [1.82, 2.24) is 15.5 Å². The summed E-state index contributed by atoms with van der Waals surface area (Å²) >= 11 is 2.67. The minimum Gasteiger partial charge on any atom is -0.374 e. The van der Waals surface area contributed by atoms with Crippen molar-refractivity contribution in [3.8, 4) is 0 Å². The highest BCUT2D eigenvalue weighted by Gasteiger charge is 2.21. The summed E-state index contributed by atoms with van der Waals surface area (Å²) in [6.45, 7) is 0. The van der Waals surface area contributed by atoms with Crippen LogP contribution in [0.4, 0.5) is 5.13 Å². The van der Waals surface area contributed by atoms with Gasteiger partial charge in [0.05, 0.1) is 11.8 Å². The third kappa shape index (κ3) is 3.54. The zero-order valence-corrected chi connectivity index (χ0v) is 13.0. The largest absolute Gasteiger partial charge is 0.374 e. The molecule has 0 spiro atoms. The number of fused-ring (bicyclic) bond motifs is 1. The minimum absolute atomic E-state index is 0.0236. The zero-order valence-electron chi connectivity index (χ0n) is 11.4. The molecule has 0 fully saturated rings. The molecule has 1 amide bonds. The van der Waals surface area contributed by atoms with E-state index in [1.807, 2.05) is 6.07 Å². The molecule has 3 N–H and O–H groups in total. The SMILES string of the molecule is Nc1nnc(SCC(=O)NC2CCCc3ccccc32)s1. The second kappa shape index (κ2) is 6.44. The molecule has 1 aromatic carbocycles. The van der Waals surface area contributed by atoms with Crippen molar-refractivity contribution in [1.29, 1.82) is 0 Å². The van der Waals surface area contributed by atoms with Crippen LogP contribution in [0.3, 0.4) is 0 Å². The Bertz CT molecular complexity index is 643. The number of carbonyl (C=O) groups is 1. The Kier molecular flexibility index (Phi) is 4.40. The standard InChI is InChI=1S/C14H16N4OS2/c15-13-17-18-14(21-13)20-8-12(19)16-11-7-3-5-9-4-1-2-6-10(9)11/h1-2,4,6,11H,3,5,7-8H2,(H2,15,17)(H,16,19). The first-order chi connectivity index (χ1) is 10.2. The molecule has 0 saturated heterocycles. The Balaban J connectivity index is 1.58. The number of aromatic nitrogens is 2. The Hall–Kier alpha value is -1.60. The van der Waals surface area contributed by atoms with Crippen LogP contribution in [0.2, 0.25) is 0 Å². The molecule has 1 unspecified atom stereocenters. The maximum absolute atomic E-state index is 12.1. The summed E-state index contributed by atoms with van der Waals surface area (Å²) in [5.74, 6) is 0.364. The maximum Gasteiger partial charge on any atom is 0.230 e. The number of rotatable bonds is 4. The van der Waals surface area contributed by atoms with Gasteiger partial charge in [0.15, 0.2) is 4.34 Å². The van der Waals surface area contributed by atoms with E-state index in [9.17, 15) is 4.79 Å². The minimum atomic E-state index is 0.0236. The predicted octanol–water partition coefficient (Wildman–Crippen LogP) is 2.41. The number of hydrogen-bond donors (Lipinski definition) is 2. The fourth-order valence-corrected chi connectivity index (χ4v) is 3.99. The number of amides is 1. The Labute approximate surface area is 131 Å². The molecule has 1 aliphatic rings. The number of anilines is 1. The third-order valence-corrected chi connectivity index (χ3v) is 5.34. The lowest BCUT2D eigenvalue weighted by molar-refractivity contribution is -0.119.